The van der Waals surface area contributed by atoms with Gasteiger partial charge in [-0.2, -0.15) is 0 Å². The first-order valence-corrected chi connectivity index (χ1v) is 6.37. The molecule has 88 valence electrons. The van der Waals surface area contributed by atoms with Gasteiger partial charge in [0.1, 0.15) is 0 Å². The van der Waals surface area contributed by atoms with E-state index in [0.29, 0.717) is 5.13 Å². The van der Waals surface area contributed by atoms with Crippen molar-refractivity contribution in [2.24, 2.45) is 0 Å². The number of hydrogen-bond donors (Lipinski definition) is 1. The fraction of sp³-hybridized carbons (Fsp3) is 0.231. The molecule has 3 nitrogen and oxygen atoms in total. The molecule has 2 N–H and O–H groups in total. The molecule has 0 saturated carbocycles. The molecule has 0 fully saturated rings. The second-order valence-electron chi connectivity index (χ2n) is 3.76. The number of nitrogens with zero attached hydrogens (tertiary/aromatic N) is 2. The van der Waals surface area contributed by atoms with Crippen LogP contribution in [0.5, 0.6) is 0 Å². The first kappa shape index (κ1) is 11.8. The molecule has 0 aromatic carbocycles. The molecule has 17 heavy (non-hydrogen) atoms. The van der Waals surface area contributed by atoms with Crippen LogP contribution in [0.15, 0.2) is 24.4 Å². The van der Waals surface area contributed by atoms with Gasteiger partial charge in [0.25, 0.3) is 0 Å². The molecule has 0 aliphatic heterocycles. The number of rotatable bonds is 3. The van der Waals surface area contributed by atoms with Gasteiger partial charge in [-0.3, -0.25) is 4.98 Å². The van der Waals surface area contributed by atoms with Gasteiger partial charge in [0.05, 0.1) is 11.4 Å². The standard InChI is InChI=1S/C13H15N3S/c1-3-11-12(16-13(14)17-11)9(2)8-10-6-4-5-7-15-10/h4-8H,3H2,1-2H3,(H2,14,16)/b9-8-. The zero-order valence-electron chi connectivity index (χ0n) is 9.97. The van der Waals surface area contributed by atoms with E-state index in [1.807, 2.05) is 31.2 Å². The Bertz CT molecular complexity index is 529. The van der Waals surface area contributed by atoms with Crippen LogP contribution in [0, 0.1) is 0 Å². The summed E-state index contributed by atoms with van der Waals surface area (Å²) in [5.74, 6) is 0. The Morgan fingerprint density at radius 1 is 1.47 bits per heavy atom. The maximum atomic E-state index is 5.75. The van der Waals surface area contributed by atoms with Gasteiger partial charge in [-0.05, 0) is 37.1 Å². The molecule has 4 heteroatoms. The molecule has 2 aromatic rings. The van der Waals surface area contributed by atoms with Crippen LogP contribution < -0.4 is 5.73 Å². The van der Waals surface area contributed by atoms with E-state index in [4.69, 9.17) is 5.73 Å². The van der Waals surface area contributed by atoms with E-state index in [1.165, 1.54) is 4.88 Å². The summed E-state index contributed by atoms with van der Waals surface area (Å²) in [6, 6.07) is 5.86. The Kier molecular flexibility index (Phi) is 3.54. The Morgan fingerprint density at radius 2 is 2.29 bits per heavy atom. The Hall–Kier alpha value is -1.68. The molecule has 2 aromatic heterocycles. The lowest BCUT2D eigenvalue weighted by Gasteiger charge is -2.00. The monoisotopic (exact) mass is 245 g/mol. The van der Waals surface area contributed by atoms with E-state index in [2.05, 4.69) is 16.9 Å². The summed E-state index contributed by atoms with van der Waals surface area (Å²) >= 11 is 1.56. The lowest BCUT2D eigenvalue weighted by molar-refractivity contribution is 1.15. The maximum absolute atomic E-state index is 5.75. The first-order chi connectivity index (χ1) is 8.20. The summed E-state index contributed by atoms with van der Waals surface area (Å²) in [5.41, 5.74) is 8.80. The molecular weight excluding hydrogens is 230 g/mol. The highest BCUT2D eigenvalue weighted by atomic mass is 32.1. The third-order valence-electron chi connectivity index (χ3n) is 2.46. The molecule has 0 aliphatic carbocycles. The van der Waals surface area contributed by atoms with Gasteiger partial charge in [-0.1, -0.05) is 13.0 Å². The van der Waals surface area contributed by atoms with Crippen molar-refractivity contribution in [2.45, 2.75) is 20.3 Å². The zero-order chi connectivity index (χ0) is 12.3. The van der Waals surface area contributed by atoms with Crippen LogP contribution >= 0.6 is 11.3 Å². The van der Waals surface area contributed by atoms with Crippen molar-refractivity contribution in [1.29, 1.82) is 0 Å². The summed E-state index contributed by atoms with van der Waals surface area (Å²) in [6.45, 7) is 4.16. The van der Waals surface area contributed by atoms with E-state index >= 15 is 0 Å². The summed E-state index contributed by atoms with van der Waals surface area (Å²) in [4.78, 5) is 9.88. The number of aryl methyl sites for hydroxylation is 1. The van der Waals surface area contributed by atoms with Gasteiger partial charge < -0.3 is 5.73 Å². The molecule has 0 spiro atoms. The van der Waals surface area contributed by atoms with Gasteiger partial charge in [0.2, 0.25) is 0 Å². The number of pyridine rings is 1. The molecule has 0 bridgehead atoms. The minimum absolute atomic E-state index is 0.630. The van der Waals surface area contributed by atoms with Crippen molar-refractivity contribution in [3.05, 3.63) is 40.7 Å². The number of allylic oxidation sites excluding steroid dienone is 1. The second-order valence-corrected chi connectivity index (χ2v) is 4.87. The van der Waals surface area contributed by atoms with Crippen LogP contribution in [0.1, 0.15) is 30.1 Å². The van der Waals surface area contributed by atoms with Crippen LogP contribution in [0.3, 0.4) is 0 Å². The van der Waals surface area contributed by atoms with Gasteiger partial charge in [0, 0.05) is 11.1 Å². The average Bonchev–Trinajstić information content (AvgIpc) is 2.72. The molecule has 0 saturated heterocycles. The van der Waals surface area contributed by atoms with Crippen molar-refractivity contribution in [1.82, 2.24) is 9.97 Å². The molecule has 2 heterocycles. The summed E-state index contributed by atoms with van der Waals surface area (Å²) in [7, 11) is 0. The van der Waals surface area contributed by atoms with E-state index in [0.717, 1.165) is 23.4 Å². The lowest BCUT2D eigenvalue weighted by Crippen LogP contribution is -1.88. The Balaban J connectivity index is 2.36. The number of thiazole rings is 1. The Morgan fingerprint density at radius 3 is 2.94 bits per heavy atom. The minimum Gasteiger partial charge on any atom is -0.375 e. The predicted molar refractivity (Wildman–Crippen MR) is 73.7 cm³/mol. The van der Waals surface area contributed by atoms with Crippen LogP contribution in [0.25, 0.3) is 11.6 Å². The van der Waals surface area contributed by atoms with Gasteiger partial charge in [-0.15, -0.1) is 11.3 Å². The van der Waals surface area contributed by atoms with E-state index in [1.54, 1.807) is 17.5 Å². The van der Waals surface area contributed by atoms with Gasteiger partial charge in [-0.25, -0.2) is 4.98 Å². The summed E-state index contributed by atoms with van der Waals surface area (Å²) in [6.07, 6.45) is 4.78. The highest BCUT2D eigenvalue weighted by Gasteiger charge is 2.09. The summed E-state index contributed by atoms with van der Waals surface area (Å²) < 4.78 is 0. The first-order valence-electron chi connectivity index (χ1n) is 5.55. The number of nitrogen functional groups attached to an aromatic ring is 1. The van der Waals surface area contributed by atoms with Crippen LogP contribution in [-0.2, 0) is 6.42 Å². The molecule has 2 rings (SSSR count). The molecule has 0 unspecified atom stereocenters. The van der Waals surface area contributed by atoms with Crippen molar-refractivity contribution in [2.75, 3.05) is 5.73 Å². The van der Waals surface area contributed by atoms with E-state index in [-0.39, 0.29) is 0 Å². The van der Waals surface area contributed by atoms with Crippen LogP contribution in [0.4, 0.5) is 5.13 Å². The van der Waals surface area contributed by atoms with Crippen molar-refractivity contribution < 1.29 is 0 Å². The molecule has 0 radical (unpaired) electrons. The number of aromatic nitrogens is 2. The van der Waals surface area contributed by atoms with E-state index in [9.17, 15) is 0 Å². The minimum atomic E-state index is 0.630. The number of hydrogen-bond acceptors (Lipinski definition) is 4. The Labute approximate surface area is 105 Å². The third-order valence-corrected chi connectivity index (χ3v) is 3.49. The third kappa shape index (κ3) is 2.71. The molecule has 0 atom stereocenters. The predicted octanol–water partition coefficient (Wildman–Crippen LogP) is 3.24. The molecule has 0 aliphatic rings. The fourth-order valence-electron chi connectivity index (χ4n) is 1.67. The zero-order valence-corrected chi connectivity index (χ0v) is 10.8. The topological polar surface area (TPSA) is 51.8 Å². The SMILES string of the molecule is CCc1sc(N)nc1/C(C)=C\c1ccccn1. The van der Waals surface area contributed by atoms with Crippen molar-refractivity contribution >= 4 is 28.1 Å². The van der Waals surface area contributed by atoms with Crippen LogP contribution in [0.2, 0.25) is 0 Å². The number of anilines is 1. The molecule has 0 amide bonds. The quantitative estimate of drug-likeness (QED) is 0.903. The normalized spacial score (nSPS) is 11.8. The van der Waals surface area contributed by atoms with Gasteiger partial charge >= 0.3 is 0 Å². The molecular formula is C13H15N3S. The second kappa shape index (κ2) is 5.10. The van der Waals surface area contributed by atoms with Crippen molar-refractivity contribution in [3.8, 4) is 0 Å². The largest absolute Gasteiger partial charge is 0.375 e. The smallest absolute Gasteiger partial charge is 0.180 e. The number of nitrogens with two attached hydrogens (primary N) is 1. The van der Waals surface area contributed by atoms with Crippen molar-refractivity contribution in [3.63, 3.8) is 0 Å². The lowest BCUT2D eigenvalue weighted by atomic mass is 10.1. The van der Waals surface area contributed by atoms with E-state index < -0.39 is 0 Å². The highest BCUT2D eigenvalue weighted by molar-refractivity contribution is 7.15. The average molecular weight is 245 g/mol. The summed E-state index contributed by atoms with van der Waals surface area (Å²) in [5, 5.41) is 0.630. The van der Waals surface area contributed by atoms with Gasteiger partial charge in [0.15, 0.2) is 5.13 Å². The van der Waals surface area contributed by atoms with Crippen LogP contribution in [-0.4, -0.2) is 9.97 Å². The maximum Gasteiger partial charge on any atom is 0.180 e. The fourth-order valence-corrected chi connectivity index (χ4v) is 2.51. The highest BCUT2D eigenvalue weighted by Crippen LogP contribution is 2.27.